The van der Waals surface area contributed by atoms with Crippen LogP contribution < -0.4 is 5.32 Å². The molecule has 1 aromatic rings. The van der Waals surface area contributed by atoms with E-state index in [4.69, 9.17) is 9.26 Å². The van der Waals surface area contributed by atoms with Crippen LogP contribution in [0.25, 0.3) is 0 Å². The van der Waals surface area contributed by atoms with E-state index in [0.29, 0.717) is 5.92 Å². The predicted octanol–water partition coefficient (Wildman–Crippen LogP) is 1.49. The van der Waals surface area contributed by atoms with Gasteiger partial charge in [-0.3, -0.25) is 9.69 Å². The quantitative estimate of drug-likeness (QED) is 0.913. The highest BCUT2D eigenvalue weighted by atomic mass is 16.5. The van der Waals surface area contributed by atoms with E-state index in [1.165, 1.54) is 0 Å². The van der Waals surface area contributed by atoms with Gasteiger partial charge in [0.25, 0.3) is 0 Å². The molecule has 1 aromatic heterocycles. The fourth-order valence-electron chi connectivity index (χ4n) is 3.41. The van der Waals surface area contributed by atoms with Gasteiger partial charge in [-0.05, 0) is 46.1 Å². The predicted molar refractivity (Wildman–Crippen MR) is 81.2 cm³/mol. The van der Waals surface area contributed by atoms with Gasteiger partial charge in [0.05, 0.1) is 11.8 Å². The van der Waals surface area contributed by atoms with Crippen molar-refractivity contribution in [2.24, 2.45) is 5.92 Å². The average Bonchev–Trinajstić information content (AvgIpc) is 3.04. The lowest BCUT2D eigenvalue weighted by Crippen LogP contribution is -2.42. The molecule has 0 radical (unpaired) electrons. The first kappa shape index (κ1) is 15.5. The van der Waals surface area contributed by atoms with Gasteiger partial charge in [0.15, 0.2) is 0 Å². The number of piperidine rings is 1. The van der Waals surface area contributed by atoms with Crippen LogP contribution >= 0.6 is 0 Å². The van der Waals surface area contributed by atoms with E-state index in [0.717, 1.165) is 43.9 Å². The molecule has 6 heteroatoms. The Morgan fingerprint density at radius 3 is 3.05 bits per heavy atom. The summed E-state index contributed by atoms with van der Waals surface area (Å²) in [6.07, 6.45) is 1.80. The van der Waals surface area contributed by atoms with Gasteiger partial charge in [-0.25, -0.2) is 0 Å². The Labute approximate surface area is 131 Å². The maximum Gasteiger partial charge on any atom is 0.249 e. The number of amides is 1. The summed E-state index contributed by atoms with van der Waals surface area (Å²) in [4.78, 5) is 14.4. The summed E-state index contributed by atoms with van der Waals surface area (Å²) in [5.74, 6) is 1.37. The van der Waals surface area contributed by atoms with Crippen molar-refractivity contribution in [2.45, 2.75) is 58.4 Å². The minimum absolute atomic E-state index is 0.0306. The molecule has 1 N–H and O–H groups in total. The molecule has 122 valence electrons. The van der Waals surface area contributed by atoms with Gasteiger partial charge in [0.2, 0.25) is 5.91 Å². The summed E-state index contributed by atoms with van der Waals surface area (Å²) in [6.45, 7) is 8.52. The Kier molecular flexibility index (Phi) is 4.49. The molecule has 2 aliphatic rings. The number of fused-ring (bicyclic) bond motifs is 1. The van der Waals surface area contributed by atoms with Crippen LogP contribution in [0.2, 0.25) is 0 Å². The molecule has 0 unspecified atom stereocenters. The Bertz CT molecular complexity index is 528. The summed E-state index contributed by atoms with van der Waals surface area (Å²) in [5, 5.41) is 7.00. The second-order valence-electron chi connectivity index (χ2n) is 6.77. The van der Waals surface area contributed by atoms with Crippen LogP contribution in [-0.2, 0) is 16.1 Å². The number of aromatic nitrogens is 1. The maximum atomic E-state index is 12.1. The average molecular weight is 307 g/mol. The Morgan fingerprint density at radius 1 is 1.55 bits per heavy atom. The molecule has 0 saturated carbocycles. The molecule has 2 saturated heterocycles. The third-order valence-electron chi connectivity index (χ3n) is 4.42. The van der Waals surface area contributed by atoms with Crippen LogP contribution in [0.1, 0.15) is 38.1 Å². The van der Waals surface area contributed by atoms with E-state index < -0.39 is 0 Å². The number of carbonyl (C=O) groups excluding carboxylic acids is 1. The normalized spacial score (nSPS) is 28.8. The molecule has 2 aliphatic heterocycles. The van der Waals surface area contributed by atoms with Crippen LogP contribution in [0.4, 0.5) is 0 Å². The van der Waals surface area contributed by atoms with Gasteiger partial charge in [-0.15, -0.1) is 0 Å². The number of aryl methyl sites for hydroxylation is 1. The number of nitrogens with one attached hydrogen (secondary N) is 1. The third-order valence-corrected chi connectivity index (χ3v) is 4.42. The molecule has 22 heavy (non-hydrogen) atoms. The fourth-order valence-corrected chi connectivity index (χ4v) is 3.41. The van der Waals surface area contributed by atoms with Crippen molar-refractivity contribution >= 4 is 5.91 Å². The van der Waals surface area contributed by atoms with Crippen LogP contribution in [0.15, 0.2) is 10.6 Å². The molecule has 2 fully saturated rings. The molecule has 6 nitrogen and oxygen atoms in total. The Hall–Kier alpha value is -1.40. The number of rotatable bonds is 4. The molecule has 0 bridgehead atoms. The first-order valence-corrected chi connectivity index (χ1v) is 8.11. The lowest BCUT2D eigenvalue weighted by atomic mass is 9.91. The topological polar surface area (TPSA) is 67.6 Å². The first-order valence-electron chi connectivity index (χ1n) is 8.11. The highest BCUT2D eigenvalue weighted by molar-refractivity contribution is 5.81. The molecule has 0 spiro atoms. The lowest BCUT2D eigenvalue weighted by molar-refractivity contribution is -0.133. The zero-order valence-electron chi connectivity index (χ0n) is 13.5. The van der Waals surface area contributed by atoms with E-state index in [1.807, 2.05) is 26.8 Å². The minimum atomic E-state index is -0.286. The smallest absolute Gasteiger partial charge is 0.249 e. The molecule has 1 amide bonds. The van der Waals surface area contributed by atoms with Crippen molar-refractivity contribution in [3.63, 3.8) is 0 Å². The molecule has 3 heterocycles. The van der Waals surface area contributed by atoms with E-state index in [-0.39, 0.29) is 24.2 Å². The monoisotopic (exact) mass is 307 g/mol. The van der Waals surface area contributed by atoms with Gasteiger partial charge in [0, 0.05) is 25.2 Å². The second-order valence-corrected chi connectivity index (χ2v) is 6.77. The molecule has 3 atom stereocenters. The molecular weight excluding hydrogens is 282 g/mol. The number of hydrogen-bond acceptors (Lipinski definition) is 5. The van der Waals surface area contributed by atoms with E-state index in [2.05, 4.69) is 15.4 Å². The Balaban J connectivity index is 1.54. The standard InChI is InChI=1S/C16H25N3O3/c1-10(2)17-16(20)14-7-12-4-5-19(9-15(12)21-14)8-13-6-11(3)22-18-13/h6,10,12,14-15H,4-5,7-9H2,1-3H3,(H,17,20)/t12-,14-,15+/m0/s1. The van der Waals surface area contributed by atoms with E-state index >= 15 is 0 Å². The number of nitrogens with zero attached hydrogens (tertiary/aromatic N) is 2. The van der Waals surface area contributed by atoms with Gasteiger partial charge in [-0.2, -0.15) is 0 Å². The Morgan fingerprint density at radius 2 is 2.36 bits per heavy atom. The van der Waals surface area contributed by atoms with Crippen molar-refractivity contribution in [1.82, 2.24) is 15.4 Å². The van der Waals surface area contributed by atoms with E-state index in [9.17, 15) is 4.79 Å². The summed E-state index contributed by atoms with van der Waals surface area (Å²) >= 11 is 0. The first-order chi connectivity index (χ1) is 10.5. The van der Waals surface area contributed by atoms with Crippen molar-refractivity contribution < 1.29 is 14.1 Å². The van der Waals surface area contributed by atoms with Crippen molar-refractivity contribution in [3.05, 3.63) is 17.5 Å². The summed E-state index contributed by atoms with van der Waals surface area (Å²) in [7, 11) is 0. The van der Waals surface area contributed by atoms with Gasteiger partial charge in [0.1, 0.15) is 11.9 Å². The highest BCUT2D eigenvalue weighted by Gasteiger charge is 2.41. The fraction of sp³-hybridized carbons (Fsp3) is 0.750. The molecule has 3 rings (SSSR count). The van der Waals surface area contributed by atoms with Crippen molar-refractivity contribution in [2.75, 3.05) is 13.1 Å². The minimum Gasteiger partial charge on any atom is -0.364 e. The number of ether oxygens (including phenoxy) is 1. The zero-order chi connectivity index (χ0) is 15.7. The summed E-state index contributed by atoms with van der Waals surface area (Å²) in [5.41, 5.74) is 0.961. The van der Waals surface area contributed by atoms with Crippen LogP contribution in [0.5, 0.6) is 0 Å². The summed E-state index contributed by atoms with van der Waals surface area (Å²) < 4.78 is 11.1. The van der Waals surface area contributed by atoms with Gasteiger partial charge >= 0.3 is 0 Å². The number of carbonyl (C=O) groups is 1. The van der Waals surface area contributed by atoms with Crippen molar-refractivity contribution in [1.29, 1.82) is 0 Å². The van der Waals surface area contributed by atoms with E-state index in [1.54, 1.807) is 0 Å². The van der Waals surface area contributed by atoms with Crippen LogP contribution in [-0.4, -0.2) is 47.3 Å². The number of likely N-dealkylation sites (tertiary alicyclic amines) is 1. The third kappa shape index (κ3) is 3.50. The van der Waals surface area contributed by atoms with Gasteiger partial charge < -0.3 is 14.6 Å². The van der Waals surface area contributed by atoms with Crippen molar-refractivity contribution in [3.8, 4) is 0 Å². The highest BCUT2D eigenvalue weighted by Crippen LogP contribution is 2.33. The SMILES string of the molecule is Cc1cc(CN2CC[C@H]3C[C@@H](C(=O)NC(C)C)O[C@@H]3C2)no1. The largest absolute Gasteiger partial charge is 0.364 e. The number of hydrogen-bond donors (Lipinski definition) is 1. The van der Waals surface area contributed by atoms with Crippen LogP contribution in [0, 0.1) is 12.8 Å². The molecule has 0 aromatic carbocycles. The molecule has 0 aliphatic carbocycles. The zero-order valence-corrected chi connectivity index (χ0v) is 13.5. The summed E-state index contributed by atoms with van der Waals surface area (Å²) in [6, 6.07) is 2.13. The van der Waals surface area contributed by atoms with Crippen LogP contribution in [0.3, 0.4) is 0 Å². The lowest BCUT2D eigenvalue weighted by Gasteiger charge is -2.33. The maximum absolute atomic E-state index is 12.1. The second kappa shape index (κ2) is 6.38. The molecular formula is C16H25N3O3. The van der Waals surface area contributed by atoms with Gasteiger partial charge in [-0.1, -0.05) is 5.16 Å².